The number of carbonyl (C=O) groups is 1. The van der Waals surface area contributed by atoms with Gasteiger partial charge in [-0.2, -0.15) is 5.26 Å². The normalized spacial score (nSPS) is 11.8. The van der Waals surface area contributed by atoms with Crippen molar-refractivity contribution < 1.29 is 14.6 Å². The summed E-state index contributed by atoms with van der Waals surface area (Å²) < 4.78 is 6.07. The van der Waals surface area contributed by atoms with Crippen LogP contribution < -0.4 is 0 Å². The first-order chi connectivity index (χ1) is 13.5. The molecule has 0 saturated heterocycles. The molecule has 142 valence electrons. The van der Waals surface area contributed by atoms with Gasteiger partial charge in [0.05, 0.1) is 16.8 Å². The number of aliphatic hydroxyl groups excluding tert-OH is 1. The van der Waals surface area contributed by atoms with Crippen LogP contribution in [0.4, 0.5) is 0 Å². The molecule has 0 spiro atoms. The summed E-state index contributed by atoms with van der Waals surface area (Å²) in [6.45, 7) is 1.57. The van der Waals surface area contributed by atoms with E-state index in [1.807, 2.05) is 49.4 Å². The van der Waals surface area contributed by atoms with Crippen molar-refractivity contribution in [3.05, 3.63) is 64.1 Å². The Morgan fingerprint density at radius 1 is 1.36 bits per heavy atom. The second-order valence-electron chi connectivity index (χ2n) is 5.90. The van der Waals surface area contributed by atoms with Crippen molar-refractivity contribution in [2.45, 2.75) is 11.8 Å². The van der Waals surface area contributed by atoms with Crippen molar-refractivity contribution in [2.24, 2.45) is 0 Å². The molecule has 0 aliphatic carbocycles. The first-order valence-electron chi connectivity index (χ1n) is 8.30. The highest BCUT2D eigenvalue weighted by atomic mass is 79.9. The van der Waals surface area contributed by atoms with Gasteiger partial charge in [0.2, 0.25) is 0 Å². The highest BCUT2D eigenvalue weighted by Crippen LogP contribution is 2.25. The molecule has 3 rings (SSSR count). The number of hydrogen-bond donors (Lipinski definition) is 2. The summed E-state index contributed by atoms with van der Waals surface area (Å²) in [5.41, 5.74) is 2.42. The van der Waals surface area contributed by atoms with E-state index < -0.39 is 12.6 Å². The number of carbonyl (C=O) groups excluding carboxylic acids is 1. The maximum atomic E-state index is 12.0. The zero-order chi connectivity index (χ0) is 20.1. The molecule has 8 heteroatoms. The van der Waals surface area contributed by atoms with Gasteiger partial charge in [-0.3, -0.25) is 4.79 Å². The topological polar surface area (TPSA) is 99.0 Å². The summed E-state index contributed by atoms with van der Waals surface area (Å²) >= 11 is 4.75. The number of allylic oxidation sites excluding steroid dienone is 1. The number of nitrogens with zero attached hydrogens (tertiary/aromatic N) is 2. The number of aliphatic hydroxyl groups is 1. The Balaban J connectivity index is 1.63. The van der Waals surface area contributed by atoms with Gasteiger partial charge in [-0.1, -0.05) is 28.1 Å². The summed E-state index contributed by atoms with van der Waals surface area (Å²) in [7, 11) is 0. The summed E-state index contributed by atoms with van der Waals surface area (Å²) in [5, 5.41) is 19.6. The van der Waals surface area contributed by atoms with Gasteiger partial charge in [-0.25, -0.2) is 4.98 Å². The number of aromatic amines is 1. The van der Waals surface area contributed by atoms with Crippen LogP contribution in [0, 0.1) is 18.3 Å². The van der Waals surface area contributed by atoms with E-state index in [-0.39, 0.29) is 22.9 Å². The number of ether oxygens (including phenoxy) is 1. The molecule has 2 aromatic carbocycles. The third-order valence-corrected chi connectivity index (χ3v) is 5.52. The summed E-state index contributed by atoms with van der Waals surface area (Å²) in [5.74, 6) is -0.500. The summed E-state index contributed by atoms with van der Waals surface area (Å²) in [6.07, 6.45) is 0. The highest BCUT2D eigenvalue weighted by Gasteiger charge is 2.15. The molecule has 3 aromatic rings. The maximum Gasteiger partial charge on any atom is 0.316 e. The average molecular weight is 458 g/mol. The number of nitriles is 1. The summed E-state index contributed by atoms with van der Waals surface area (Å²) in [4.78, 5) is 20.2. The number of benzene rings is 2. The largest absolute Gasteiger partial charge is 0.507 e. The maximum absolute atomic E-state index is 12.0. The Bertz CT molecular complexity index is 1070. The van der Waals surface area contributed by atoms with E-state index in [2.05, 4.69) is 25.9 Å². The molecule has 2 N–H and O–H groups in total. The molecular weight excluding hydrogens is 442 g/mol. The molecule has 6 nitrogen and oxygen atoms in total. The van der Waals surface area contributed by atoms with Crippen LogP contribution in [0.1, 0.15) is 11.4 Å². The number of esters is 1. The van der Waals surface area contributed by atoms with E-state index in [4.69, 9.17) is 4.74 Å². The standard InChI is InChI=1S/C20H16BrN3O3S/c1-12-8-13(21)6-7-18(12)28-11-19(26)27-10-17(25)14(9-22)20-23-15-4-2-3-5-16(15)24-20/h2-8,25H,10-11H2,1H3,(H,23,24). The van der Waals surface area contributed by atoms with Crippen LogP contribution in [0.3, 0.4) is 0 Å². The SMILES string of the molecule is Cc1cc(Br)ccc1SCC(=O)OCC(O)=C(C#N)c1nc2ccccc2[nH]1. The minimum absolute atomic E-state index is 0.0552. The third kappa shape index (κ3) is 4.74. The number of H-pyrrole nitrogens is 1. The Kier molecular flexibility index (Phi) is 6.39. The van der Waals surface area contributed by atoms with E-state index in [1.165, 1.54) is 11.8 Å². The fourth-order valence-electron chi connectivity index (χ4n) is 2.50. The fourth-order valence-corrected chi connectivity index (χ4v) is 3.78. The van der Waals surface area contributed by atoms with Crippen molar-refractivity contribution in [3.8, 4) is 6.07 Å². The molecule has 0 fully saturated rings. The van der Waals surface area contributed by atoms with Gasteiger partial charge in [0.1, 0.15) is 18.2 Å². The molecule has 1 heterocycles. The number of aryl methyl sites for hydroxylation is 1. The zero-order valence-electron chi connectivity index (χ0n) is 14.9. The van der Waals surface area contributed by atoms with Gasteiger partial charge >= 0.3 is 5.97 Å². The molecule has 0 atom stereocenters. The number of hydrogen-bond acceptors (Lipinski definition) is 6. The molecule has 28 heavy (non-hydrogen) atoms. The van der Waals surface area contributed by atoms with Crippen molar-refractivity contribution in [3.63, 3.8) is 0 Å². The highest BCUT2D eigenvalue weighted by molar-refractivity contribution is 9.10. The van der Waals surface area contributed by atoms with Gasteiger partial charge < -0.3 is 14.8 Å². The first-order valence-corrected chi connectivity index (χ1v) is 10.1. The van der Waals surface area contributed by atoms with E-state index >= 15 is 0 Å². The molecule has 1 aromatic heterocycles. The molecule has 0 bridgehead atoms. The minimum Gasteiger partial charge on any atom is -0.507 e. The van der Waals surface area contributed by atoms with E-state index in [0.29, 0.717) is 5.52 Å². The van der Waals surface area contributed by atoms with Crippen LogP contribution in [0.15, 0.2) is 57.6 Å². The molecule has 0 aliphatic heterocycles. The quantitative estimate of drug-likeness (QED) is 0.239. The predicted octanol–water partition coefficient (Wildman–Crippen LogP) is 4.76. The molecule has 0 amide bonds. The lowest BCUT2D eigenvalue weighted by Crippen LogP contribution is -2.11. The zero-order valence-corrected chi connectivity index (χ0v) is 17.3. The second kappa shape index (κ2) is 8.95. The number of fused-ring (bicyclic) bond motifs is 1. The Hall–Kier alpha value is -2.76. The third-order valence-electron chi connectivity index (χ3n) is 3.88. The van der Waals surface area contributed by atoms with E-state index in [9.17, 15) is 15.2 Å². The molecule has 0 aliphatic rings. The van der Waals surface area contributed by atoms with Crippen molar-refractivity contribution in [1.82, 2.24) is 9.97 Å². The molecular formula is C20H16BrN3O3S. The minimum atomic E-state index is -0.485. The number of halogens is 1. The van der Waals surface area contributed by atoms with Crippen LogP contribution >= 0.6 is 27.7 Å². The first kappa shape index (κ1) is 20.0. The molecule has 0 unspecified atom stereocenters. The van der Waals surface area contributed by atoms with Gasteiger partial charge in [0.25, 0.3) is 0 Å². The summed E-state index contributed by atoms with van der Waals surface area (Å²) in [6, 6.07) is 15.0. The van der Waals surface area contributed by atoms with E-state index in [0.717, 1.165) is 20.4 Å². The lowest BCUT2D eigenvalue weighted by molar-refractivity contribution is -0.140. The lowest BCUT2D eigenvalue weighted by Gasteiger charge is -2.07. The van der Waals surface area contributed by atoms with Crippen molar-refractivity contribution >= 4 is 50.3 Å². The van der Waals surface area contributed by atoms with Crippen LogP contribution in [-0.2, 0) is 9.53 Å². The van der Waals surface area contributed by atoms with Gasteiger partial charge in [-0.15, -0.1) is 11.8 Å². The Morgan fingerprint density at radius 3 is 2.86 bits per heavy atom. The van der Waals surface area contributed by atoms with E-state index in [1.54, 1.807) is 6.07 Å². The van der Waals surface area contributed by atoms with Crippen LogP contribution in [0.5, 0.6) is 0 Å². The molecule has 0 radical (unpaired) electrons. The smallest absolute Gasteiger partial charge is 0.316 e. The van der Waals surface area contributed by atoms with Crippen molar-refractivity contribution in [2.75, 3.05) is 12.4 Å². The van der Waals surface area contributed by atoms with Gasteiger partial charge in [-0.05, 0) is 42.8 Å². The number of rotatable bonds is 6. The number of para-hydroxylation sites is 2. The van der Waals surface area contributed by atoms with Crippen LogP contribution in [0.25, 0.3) is 16.6 Å². The fraction of sp³-hybridized carbons (Fsp3) is 0.150. The average Bonchev–Trinajstić information content (AvgIpc) is 3.10. The Labute approximate surface area is 174 Å². The predicted molar refractivity (Wildman–Crippen MR) is 112 cm³/mol. The molecule has 0 saturated carbocycles. The Morgan fingerprint density at radius 2 is 2.14 bits per heavy atom. The number of aromatic nitrogens is 2. The number of imidazole rings is 1. The van der Waals surface area contributed by atoms with Gasteiger partial charge in [0.15, 0.2) is 11.6 Å². The lowest BCUT2D eigenvalue weighted by atomic mass is 10.2. The van der Waals surface area contributed by atoms with Crippen molar-refractivity contribution in [1.29, 1.82) is 5.26 Å². The monoisotopic (exact) mass is 457 g/mol. The number of nitrogens with one attached hydrogen (secondary N) is 1. The van der Waals surface area contributed by atoms with Gasteiger partial charge in [0, 0.05) is 9.37 Å². The second-order valence-corrected chi connectivity index (χ2v) is 7.83. The van der Waals surface area contributed by atoms with Crippen LogP contribution in [0.2, 0.25) is 0 Å². The van der Waals surface area contributed by atoms with Crippen LogP contribution in [-0.4, -0.2) is 33.4 Å². The number of thioether (sulfide) groups is 1.